The van der Waals surface area contributed by atoms with E-state index in [-0.39, 0.29) is 13.0 Å². The lowest BCUT2D eigenvalue weighted by molar-refractivity contribution is -0.204. The highest BCUT2D eigenvalue weighted by molar-refractivity contribution is 7.86. The molecule has 1 atom stereocenters. The van der Waals surface area contributed by atoms with Crippen molar-refractivity contribution in [3.05, 3.63) is 0 Å². The standard InChI is InChI=1S/C6H7F3O5S/c7-6(8,9)5(10)14-4-1-2-13-15(11,12)3-4/h4H,1-3H2. The van der Waals surface area contributed by atoms with Crippen LogP contribution in [-0.2, 0) is 23.8 Å². The zero-order valence-corrected chi connectivity index (χ0v) is 8.10. The fourth-order valence-corrected chi connectivity index (χ4v) is 2.11. The van der Waals surface area contributed by atoms with Gasteiger partial charge in [0.2, 0.25) is 0 Å². The first-order chi connectivity index (χ1) is 6.71. The quantitative estimate of drug-likeness (QED) is 0.490. The summed E-state index contributed by atoms with van der Waals surface area (Å²) in [6.45, 7) is -0.280. The largest absolute Gasteiger partial charge is 0.490 e. The lowest BCUT2D eigenvalue weighted by atomic mass is 10.3. The van der Waals surface area contributed by atoms with E-state index in [0.29, 0.717) is 0 Å². The Kier molecular flexibility index (Phi) is 3.24. The normalized spacial score (nSPS) is 25.9. The Balaban J connectivity index is 2.57. The summed E-state index contributed by atoms with van der Waals surface area (Å²) < 4.78 is 65.0. The van der Waals surface area contributed by atoms with Crippen molar-refractivity contribution in [1.82, 2.24) is 0 Å². The second kappa shape index (κ2) is 3.97. The summed E-state index contributed by atoms with van der Waals surface area (Å²) in [5.74, 6) is -3.13. The SMILES string of the molecule is O=C(OC1CCOS(=O)(=O)C1)C(F)(F)F. The fraction of sp³-hybridized carbons (Fsp3) is 0.833. The second-order valence-corrected chi connectivity index (χ2v) is 4.54. The molecule has 0 N–H and O–H groups in total. The molecule has 0 aromatic carbocycles. The second-order valence-electron chi connectivity index (χ2n) is 2.86. The zero-order valence-electron chi connectivity index (χ0n) is 7.28. The van der Waals surface area contributed by atoms with Crippen LogP contribution in [0.4, 0.5) is 13.2 Å². The van der Waals surface area contributed by atoms with Crippen LogP contribution < -0.4 is 0 Å². The van der Waals surface area contributed by atoms with Crippen LogP contribution in [0.25, 0.3) is 0 Å². The van der Waals surface area contributed by atoms with E-state index >= 15 is 0 Å². The van der Waals surface area contributed by atoms with E-state index in [2.05, 4.69) is 8.92 Å². The number of rotatable bonds is 1. The third-order valence-electron chi connectivity index (χ3n) is 1.60. The summed E-state index contributed by atoms with van der Waals surface area (Å²) in [5.41, 5.74) is 0. The average Bonchev–Trinajstić information content (AvgIpc) is 2.00. The third kappa shape index (κ3) is 3.67. The van der Waals surface area contributed by atoms with E-state index in [0.717, 1.165) is 0 Å². The highest BCUT2D eigenvalue weighted by Crippen LogP contribution is 2.20. The maximum Gasteiger partial charge on any atom is 0.490 e. The number of esters is 1. The minimum Gasteiger partial charge on any atom is -0.454 e. The van der Waals surface area contributed by atoms with Crippen molar-refractivity contribution in [2.75, 3.05) is 12.4 Å². The third-order valence-corrected chi connectivity index (χ3v) is 2.90. The Morgan fingerprint density at radius 2 is 2.00 bits per heavy atom. The molecule has 88 valence electrons. The molecule has 5 nitrogen and oxygen atoms in total. The van der Waals surface area contributed by atoms with Gasteiger partial charge in [0, 0.05) is 6.42 Å². The molecule has 15 heavy (non-hydrogen) atoms. The molecule has 1 unspecified atom stereocenters. The monoisotopic (exact) mass is 248 g/mol. The van der Waals surface area contributed by atoms with Crippen LogP contribution in [0.3, 0.4) is 0 Å². The topological polar surface area (TPSA) is 69.7 Å². The van der Waals surface area contributed by atoms with Crippen molar-refractivity contribution in [3.63, 3.8) is 0 Å². The van der Waals surface area contributed by atoms with Crippen LogP contribution >= 0.6 is 0 Å². The average molecular weight is 248 g/mol. The lowest BCUT2D eigenvalue weighted by Crippen LogP contribution is -2.37. The Labute approximate surface area is 83.3 Å². The van der Waals surface area contributed by atoms with E-state index in [9.17, 15) is 26.4 Å². The molecule has 1 saturated heterocycles. The van der Waals surface area contributed by atoms with Crippen LogP contribution in [-0.4, -0.2) is 39.0 Å². The molecule has 0 amide bonds. The molecule has 0 radical (unpaired) electrons. The van der Waals surface area contributed by atoms with E-state index in [1.54, 1.807) is 0 Å². The molecule has 1 fully saturated rings. The Morgan fingerprint density at radius 1 is 1.40 bits per heavy atom. The van der Waals surface area contributed by atoms with Gasteiger partial charge in [-0.15, -0.1) is 0 Å². The minimum atomic E-state index is -5.11. The first-order valence-electron chi connectivity index (χ1n) is 3.85. The van der Waals surface area contributed by atoms with Crippen LogP contribution in [0.5, 0.6) is 0 Å². The van der Waals surface area contributed by atoms with Gasteiger partial charge in [-0.2, -0.15) is 21.6 Å². The van der Waals surface area contributed by atoms with Gasteiger partial charge in [0.25, 0.3) is 10.1 Å². The Bertz CT molecular complexity index is 346. The highest BCUT2D eigenvalue weighted by atomic mass is 32.2. The molecule has 1 aliphatic rings. The molecule has 0 saturated carbocycles. The van der Waals surface area contributed by atoms with Gasteiger partial charge in [-0.3, -0.25) is 4.18 Å². The van der Waals surface area contributed by atoms with Crippen molar-refractivity contribution < 1.29 is 35.3 Å². The lowest BCUT2D eigenvalue weighted by Gasteiger charge is -2.22. The van der Waals surface area contributed by atoms with Gasteiger partial charge >= 0.3 is 12.1 Å². The minimum absolute atomic E-state index is 0.0684. The number of halogens is 3. The van der Waals surface area contributed by atoms with Crippen molar-refractivity contribution >= 4 is 16.1 Å². The van der Waals surface area contributed by atoms with E-state index in [1.807, 2.05) is 0 Å². The zero-order chi connectivity index (χ0) is 11.7. The maximum atomic E-state index is 11.7. The Morgan fingerprint density at radius 3 is 2.47 bits per heavy atom. The molecule has 1 aliphatic heterocycles. The molecular weight excluding hydrogens is 241 g/mol. The number of hydrogen-bond donors (Lipinski definition) is 0. The molecule has 1 heterocycles. The fourth-order valence-electron chi connectivity index (χ4n) is 0.977. The van der Waals surface area contributed by atoms with Gasteiger partial charge in [-0.25, -0.2) is 4.79 Å². The first kappa shape index (κ1) is 12.2. The summed E-state index contributed by atoms with van der Waals surface area (Å²) in [6, 6.07) is 0. The van der Waals surface area contributed by atoms with Gasteiger partial charge < -0.3 is 4.74 Å². The van der Waals surface area contributed by atoms with E-state index in [1.165, 1.54) is 0 Å². The van der Waals surface area contributed by atoms with E-state index < -0.39 is 34.1 Å². The van der Waals surface area contributed by atoms with Gasteiger partial charge in [-0.05, 0) is 0 Å². The molecule has 0 bridgehead atoms. The molecular formula is C6H7F3O5S. The first-order valence-corrected chi connectivity index (χ1v) is 5.43. The number of carbonyl (C=O) groups is 1. The van der Waals surface area contributed by atoms with Crippen LogP contribution in [0, 0.1) is 0 Å². The van der Waals surface area contributed by atoms with Crippen molar-refractivity contribution in [3.8, 4) is 0 Å². The molecule has 0 aromatic heterocycles. The van der Waals surface area contributed by atoms with Crippen LogP contribution in [0.15, 0.2) is 0 Å². The summed E-state index contributed by atoms with van der Waals surface area (Å²) in [5, 5.41) is 0. The molecule has 0 spiro atoms. The van der Waals surface area contributed by atoms with E-state index in [4.69, 9.17) is 0 Å². The Hall–Kier alpha value is -0.830. The molecule has 0 aliphatic carbocycles. The van der Waals surface area contributed by atoms with Gasteiger partial charge in [0.05, 0.1) is 6.61 Å². The summed E-state index contributed by atoms with van der Waals surface area (Å²) >= 11 is 0. The highest BCUT2D eigenvalue weighted by Gasteiger charge is 2.43. The number of carbonyl (C=O) groups excluding carboxylic acids is 1. The summed E-state index contributed by atoms with van der Waals surface area (Å²) in [7, 11) is -3.87. The number of alkyl halides is 3. The predicted octanol–water partition coefficient (Wildman–Crippen LogP) is 0.211. The molecule has 1 rings (SSSR count). The van der Waals surface area contributed by atoms with Gasteiger partial charge in [0.15, 0.2) is 0 Å². The number of ether oxygens (including phenoxy) is 1. The van der Waals surface area contributed by atoms with Crippen molar-refractivity contribution in [2.24, 2.45) is 0 Å². The van der Waals surface area contributed by atoms with Crippen molar-refractivity contribution in [1.29, 1.82) is 0 Å². The van der Waals surface area contributed by atoms with Gasteiger partial charge in [-0.1, -0.05) is 0 Å². The van der Waals surface area contributed by atoms with Gasteiger partial charge in [0.1, 0.15) is 11.9 Å². The summed E-state index contributed by atoms with van der Waals surface area (Å²) in [6.07, 6.45) is -6.47. The predicted molar refractivity (Wildman–Crippen MR) is 40.3 cm³/mol. The molecule has 0 aromatic rings. The molecule has 9 heteroatoms. The smallest absolute Gasteiger partial charge is 0.454 e. The van der Waals surface area contributed by atoms with Crippen LogP contribution in [0.2, 0.25) is 0 Å². The number of hydrogen-bond acceptors (Lipinski definition) is 5. The van der Waals surface area contributed by atoms with Crippen LogP contribution in [0.1, 0.15) is 6.42 Å². The summed E-state index contributed by atoms with van der Waals surface area (Å²) in [4.78, 5) is 10.4. The maximum absolute atomic E-state index is 11.7. The van der Waals surface area contributed by atoms with Crippen molar-refractivity contribution in [2.45, 2.75) is 18.7 Å².